The summed E-state index contributed by atoms with van der Waals surface area (Å²) in [4.78, 5) is 25.6. The highest BCUT2D eigenvalue weighted by Gasteiger charge is 2.31. The molecule has 0 aliphatic carbocycles. The van der Waals surface area contributed by atoms with Gasteiger partial charge in [0.1, 0.15) is 0 Å². The van der Waals surface area contributed by atoms with E-state index in [9.17, 15) is 9.59 Å². The fourth-order valence-electron chi connectivity index (χ4n) is 2.35. The predicted molar refractivity (Wildman–Crippen MR) is 79.7 cm³/mol. The van der Waals surface area contributed by atoms with Gasteiger partial charge in [0.05, 0.1) is 5.57 Å². The second-order valence-electron chi connectivity index (χ2n) is 5.00. The molecule has 0 bridgehead atoms. The maximum atomic E-state index is 12.3. The largest absolute Gasteiger partial charge is 0.398 e. The highest BCUT2D eigenvalue weighted by molar-refractivity contribution is 6.34. The summed E-state index contributed by atoms with van der Waals surface area (Å²) in [6.07, 6.45) is 5.55. The van der Waals surface area contributed by atoms with Crippen molar-refractivity contribution in [3.05, 3.63) is 35.9 Å². The average molecular weight is 272 g/mol. The van der Waals surface area contributed by atoms with Crippen molar-refractivity contribution in [2.24, 2.45) is 0 Å². The molecule has 1 aromatic rings. The Morgan fingerprint density at radius 1 is 1.10 bits per heavy atom. The highest BCUT2D eigenvalue weighted by atomic mass is 16.2. The number of imide groups is 1. The fourth-order valence-corrected chi connectivity index (χ4v) is 2.35. The van der Waals surface area contributed by atoms with Crippen LogP contribution in [0.15, 0.2) is 30.3 Å². The van der Waals surface area contributed by atoms with Gasteiger partial charge in [0.15, 0.2) is 0 Å². The van der Waals surface area contributed by atoms with Crippen LogP contribution in [0.4, 0.5) is 5.69 Å². The number of carbonyl (C=O) groups excluding carboxylic acids is 2. The number of hydrogen-bond acceptors (Lipinski definition) is 3. The van der Waals surface area contributed by atoms with Crippen molar-refractivity contribution < 1.29 is 9.59 Å². The van der Waals surface area contributed by atoms with Crippen LogP contribution in [0, 0.1) is 0 Å². The van der Waals surface area contributed by atoms with Gasteiger partial charge < -0.3 is 5.73 Å². The summed E-state index contributed by atoms with van der Waals surface area (Å²) in [5, 5.41) is 0. The van der Waals surface area contributed by atoms with Gasteiger partial charge in [0.2, 0.25) is 0 Å². The molecule has 0 fully saturated rings. The van der Waals surface area contributed by atoms with Crippen molar-refractivity contribution in [3.63, 3.8) is 0 Å². The van der Waals surface area contributed by atoms with E-state index < -0.39 is 0 Å². The minimum atomic E-state index is -0.232. The smallest absolute Gasteiger partial charge is 0.261 e. The topological polar surface area (TPSA) is 63.4 Å². The molecule has 2 amide bonds. The third-order valence-corrected chi connectivity index (χ3v) is 3.50. The van der Waals surface area contributed by atoms with Crippen molar-refractivity contribution in [2.75, 3.05) is 12.3 Å². The Morgan fingerprint density at radius 3 is 2.55 bits per heavy atom. The number of anilines is 1. The maximum Gasteiger partial charge on any atom is 0.261 e. The molecule has 1 aromatic carbocycles. The van der Waals surface area contributed by atoms with Crippen LogP contribution < -0.4 is 5.73 Å². The Labute approximate surface area is 119 Å². The van der Waals surface area contributed by atoms with Gasteiger partial charge in [-0.05, 0) is 12.5 Å². The minimum absolute atomic E-state index is 0.232. The lowest BCUT2D eigenvalue weighted by Gasteiger charge is -2.15. The Kier molecular flexibility index (Phi) is 4.56. The first-order valence-electron chi connectivity index (χ1n) is 7.07. The number of rotatable bonds is 6. The Balaban J connectivity index is 2.08. The summed E-state index contributed by atoms with van der Waals surface area (Å²) < 4.78 is 0. The lowest BCUT2D eigenvalue weighted by molar-refractivity contribution is -0.136. The van der Waals surface area contributed by atoms with E-state index in [1.54, 1.807) is 12.1 Å². The number of benzene rings is 1. The molecule has 106 valence electrons. The van der Waals surface area contributed by atoms with Gasteiger partial charge in [-0.1, -0.05) is 44.4 Å². The molecule has 2 N–H and O–H groups in total. The number of nitrogen functional groups attached to an aromatic ring is 1. The first-order chi connectivity index (χ1) is 9.65. The van der Waals surface area contributed by atoms with E-state index in [2.05, 4.69) is 6.92 Å². The van der Waals surface area contributed by atoms with E-state index in [1.165, 1.54) is 11.0 Å². The molecule has 2 rings (SSSR count). The molecule has 0 aromatic heterocycles. The van der Waals surface area contributed by atoms with E-state index in [1.807, 2.05) is 12.1 Å². The zero-order chi connectivity index (χ0) is 14.5. The van der Waals surface area contributed by atoms with Crippen molar-refractivity contribution in [1.82, 2.24) is 4.90 Å². The molecule has 0 saturated heterocycles. The monoisotopic (exact) mass is 272 g/mol. The van der Waals surface area contributed by atoms with Gasteiger partial charge in [-0.2, -0.15) is 0 Å². The van der Waals surface area contributed by atoms with Crippen molar-refractivity contribution >= 4 is 23.1 Å². The average Bonchev–Trinajstić information content (AvgIpc) is 2.71. The van der Waals surface area contributed by atoms with Gasteiger partial charge in [-0.25, -0.2) is 0 Å². The number of nitrogens with zero attached hydrogens (tertiary/aromatic N) is 1. The first kappa shape index (κ1) is 14.3. The summed E-state index contributed by atoms with van der Waals surface area (Å²) in [6.45, 7) is 2.62. The number of amides is 2. The van der Waals surface area contributed by atoms with E-state index in [4.69, 9.17) is 5.73 Å². The lowest BCUT2D eigenvalue weighted by Crippen LogP contribution is -2.31. The molecular formula is C16H20N2O2. The van der Waals surface area contributed by atoms with E-state index in [0.29, 0.717) is 23.4 Å². The molecule has 4 heteroatoms. The Bertz CT molecular complexity index is 549. The summed E-state index contributed by atoms with van der Waals surface area (Å²) in [7, 11) is 0. The highest BCUT2D eigenvalue weighted by Crippen LogP contribution is 2.27. The standard InChI is InChI=1S/C16H20N2O2/c1-2-3-4-7-10-18-15(19)11-13(16(18)20)12-8-5-6-9-14(12)17/h5-6,8-9,11H,2-4,7,10,17H2,1H3. The van der Waals surface area contributed by atoms with Gasteiger partial charge in [0.25, 0.3) is 11.8 Å². The molecule has 20 heavy (non-hydrogen) atoms. The number of hydrogen-bond donors (Lipinski definition) is 1. The van der Waals surface area contributed by atoms with Crippen LogP contribution in [0.2, 0.25) is 0 Å². The first-order valence-corrected chi connectivity index (χ1v) is 7.07. The molecule has 1 heterocycles. The molecule has 1 aliphatic heterocycles. The zero-order valence-electron chi connectivity index (χ0n) is 11.8. The molecule has 0 spiro atoms. The molecule has 0 atom stereocenters. The van der Waals surface area contributed by atoms with Crippen molar-refractivity contribution in [3.8, 4) is 0 Å². The van der Waals surface area contributed by atoms with E-state index >= 15 is 0 Å². The number of carbonyl (C=O) groups is 2. The molecular weight excluding hydrogens is 252 g/mol. The Morgan fingerprint density at radius 2 is 1.85 bits per heavy atom. The Hall–Kier alpha value is -2.10. The molecule has 1 aliphatic rings. The number of nitrogens with two attached hydrogens (primary N) is 1. The fraction of sp³-hybridized carbons (Fsp3) is 0.375. The van der Waals surface area contributed by atoms with Crippen LogP contribution >= 0.6 is 0 Å². The summed E-state index contributed by atoms with van der Waals surface area (Å²) >= 11 is 0. The normalized spacial score (nSPS) is 14.8. The van der Waals surface area contributed by atoms with Crippen LogP contribution in [-0.4, -0.2) is 23.3 Å². The minimum Gasteiger partial charge on any atom is -0.398 e. The van der Waals surface area contributed by atoms with Crippen LogP contribution in [0.5, 0.6) is 0 Å². The van der Waals surface area contributed by atoms with E-state index in [0.717, 1.165) is 25.7 Å². The lowest BCUT2D eigenvalue weighted by atomic mass is 10.0. The second-order valence-corrected chi connectivity index (χ2v) is 5.00. The molecule has 4 nitrogen and oxygen atoms in total. The van der Waals surface area contributed by atoms with Crippen LogP contribution in [-0.2, 0) is 9.59 Å². The van der Waals surface area contributed by atoms with Gasteiger partial charge >= 0.3 is 0 Å². The SMILES string of the molecule is CCCCCCN1C(=O)C=C(c2ccccc2N)C1=O. The van der Waals surface area contributed by atoms with Crippen molar-refractivity contribution in [1.29, 1.82) is 0 Å². The zero-order valence-corrected chi connectivity index (χ0v) is 11.8. The molecule has 0 radical (unpaired) electrons. The third kappa shape index (κ3) is 2.90. The molecule has 0 unspecified atom stereocenters. The van der Waals surface area contributed by atoms with Crippen LogP contribution in [0.1, 0.15) is 38.2 Å². The van der Waals surface area contributed by atoms with Crippen LogP contribution in [0.25, 0.3) is 5.57 Å². The predicted octanol–water partition coefficient (Wildman–Crippen LogP) is 2.60. The van der Waals surface area contributed by atoms with Crippen molar-refractivity contribution in [2.45, 2.75) is 32.6 Å². The number of unbranched alkanes of at least 4 members (excludes halogenated alkanes) is 3. The van der Waals surface area contributed by atoms with E-state index in [-0.39, 0.29) is 11.8 Å². The second kappa shape index (κ2) is 6.37. The summed E-state index contributed by atoms with van der Waals surface area (Å²) in [5.74, 6) is -0.464. The van der Waals surface area contributed by atoms with Gasteiger partial charge in [-0.15, -0.1) is 0 Å². The number of para-hydroxylation sites is 1. The summed E-state index contributed by atoms with van der Waals surface area (Å²) in [5.41, 5.74) is 7.44. The summed E-state index contributed by atoms with van der Waals surface area (Å²) in [6, 6.07) is 7.13. The van der Waals surface area contributed by atoms with Gasteiger partial charge in [-0.3, -0.25) is 14.5 Å². The maximum absolute atomic E-state index is 12.3. The van der Waals surface area contributed by atoms with Gasteiger partial charge in [0, 0.05) is 23.9 Å². The quantitative estimate of drug-likeness (QED) is 0.492. The molecule has 0 saturated carbocycles. The van der Waals surface area contributed by atoms with Crippen LogP contribution in [0.3, 0.4) is 0 Å². The third-order valence-electron chi connectivity index (χ3n) is 3.50.